The van der Waals surface area contributed by atoms with Crippen LogP contribution < -0.4 is 4.72 Å². The van der Waals surface area contributed by atoms with Gasteiger partial charge in [0.05, 0.1) is 18.6 Å². The molecule has 0 spiro atoms. The summed E-state index contributed by atoms with van der Waals surface area (Å²) in [5, 5.41) is 8.88. The Morgan fingerprint density at radius 1 is 1.03 bits per heavy atom. The summed E-state index contributed by atoms with van der Waals surface area (Å²) in [4.78, 5) is 12.7. The van der Waals surface area contributed by atoms with E-state index >= 15 is 0 Å². The van der Waals surface area contributed by atoms with Gasteiger partial charge in [-0.1, -0.05) is 41.6 Å². The number of hydrogen-bond acceptors (Lipinski definition) is 6. The predicted octanol–water partition coefficient (Wildman–Crippen LogP) is 3.22. The van der Waals surface area contributed by atoms with Crippen molar-refractivity contribution in [3.8, 4) is 5.69 Å². The van der Waals surface area contributed by atoms with Gasteiger partial charge in [0.25, 0.3) is 0 Å². The molecule has 2 aromatic carbocycles. The molecule has 30 heavy (non-hydrogen) atoms. The minimum Gasteiger partial charge on any atom is -0.293 e. The fourth-order valence-corrected chi connectivity index (χ4v) is 4.04. The lowest BCUT2D eigenvalue weighted by Gasteiger charge is -2.11. The summed E-state index contributed by atoms with van der Waals surface area (Å²) in [5.74, 6) is 0.647. The van der Waals surface area contributed by atoms with Gasteiger partial charge in [-0.2, -0.15) is 0 Å². The zero-order valence-electron chi connectivity index (χ0n) is 17.3. The Hall–Kier alpha value is -2.49. The number of Topliss-reactive ketones (excluding diaryl/α,β-unsaturated/α-hetero) is 1. The molecule has 0 amide bonds. The summed E-state index contributed by atoms with van der Waals surface area (Å²) < 4.78 is 27.2. The predicted molar refractivity (Wildman–Crippen MR) is 119 cm³/mol. The number of thioether (sulfide) groups is 1. The van der Waals surface area contributed by atoms with Crippen LogP contribution in [0.25, 0.3) is 5.69 Å². The zero-order valence-corrected chi connectivity index (χ0v) is 19.0. The molecule has 0 saturated heterocycles. The molecule has 9 heteroatoms. The van der Waals surface area contributed by atoms with Crippen LogP contribution in [0.4, 0.5) is 0 Å². The summed E-state index contributed by atoms with van der Waals surface area (Å²) in [6.45, 7) is 5.98. The number of nitrogens with one attached hydrogen (secondary N) is 1. The summed E-state index contributed by atoms with van der Waals surface area (Å²) in [6, 6.07) is 13.4. The second-order valence-electron chi connectivity index (χ2n) is 7.17. The molecule has 1 N–H and O–H groups in total. The van der Waals surface area contributed by atoms with E-state index in [1.807, 2.05) is 63.2 Å². The molecular weight excluding hydrogens is 420 g/mol. The topological polar surface area (TPSA) is 93.9 Å². The van der Waals surface area contributed by atoms with E-state index < -0.39 is 10.0 Å². The maximum absolute atomic E-state index is 12.7. The second kappa shape index (κ2) is 9.11. The number of benzene rings is 2. The first-order valence-electron chi connectivity index (χ1n) is 9.33. The van der Waals surface area contributed by atoms with Gasteiger partial charge in [0, 0.05) is 11.3 Å². The summed E-state index contributed by atoms with van der Waals surface area (Å²) in [5.41, 5.74) is 4.77. The average molecular weight is 445 g/mol. The van der Waals surface area contributed by atoms with Gasteiger partial charge >= 0.3 is 0 Å². The Balaban J connectivity index is 1.86. The first-order chi connectivity index (χ1) is 14.1. The van der Waals surface area contributed by atoms with Gasteiger partial charge in [-0.3, -0.25) is 9.36 Å². The minimum absolute atomic E-state index is 0.00244. The monoisotopic (exact) mass is 444 g/mol. The molecule has 1 aromatic heterocycles. The number of carbonyl (C=O) groups is 1. The highest BCUT2D eigenvalue weighted by Gasteiger charge is 2.17. The van der Waals surface area contributed by atoms with Crippen molar-refractivity contribution >= 4 is 27.6 Å². The van der Waals surface area contributed by atoms with Gasteiger partial charge in [0.1, 0.15) is 0 Å². The van der Waals surface area contributed by atoms with Crippen LogP contribution in [0.5, 0.6) is 0 Å². The quantitative estimate of drug-likeness (QED) is 0.424. The van der Waals surface area contributed by atoms with Crippen molar-refractivity contribution in [2.75, 3.05) is 12.0 Å². The van der Waals surface area contributed by atoms with Gasteiger partial charge in [-0.15, -0.1) is 10.2 Å². The number of aryl methyl sites for hydroxylation is 3. The first kappa shape index (κ1) is 22.2. The first-order valence-corrected chi connectivity index (χ1v) is 12.2. The third-order valence-electron chi connectivity index (χ3n) is 4.65. The summed E-state index contributed by atoms with van der Waals surface area (Å²) >= 11 is 1.28. The van der Waals surface area contributed by atoms with Crippen LogP contribution in [-0.2, 0) is 16.6 Å². The van der Waals surface area contributed by atoms with Crippen molar-refractivity contribution in [3.63, 3.8) is 0 Å². The smallest absolute Gasteiger partial charge is 0.209 e. The van der Waals surface area contributed by atoms with Crippen LogP contribution in [0.1, 0.15) is 32.9 Å². The molecule has 1 heterocycles. The van der Waals surface area contributed by atoms with Crippen molar-refractivity contribution < 1.29 is 13.2 Å². The molecule has 0 fully saturated rings. The number of carbonyl (C=O) groups excluding carboxylic acids is 1. The van der Waals surface area contributed by atoms with E-state index in [4.69, 9.17) is 0 Å². The molecule has 7 nitrogen and oxygen atoms in total. The average Bonchev–Trinajstić information content (AvgIpc) is 3.09. The third kappa shape index (κ3) is 5.56. The van der Waals surface area contributed by atoms with E-state index in [1.165, 1.54) is 11.8 Å². The number of ketones is 1. The maximum Gasteiger partial charge on any atom is 0.209 e. The molecule has 0 unspecified atom stereocenters. The largest absolute Gasteiger partial charge is 0.293 e. The molecule has 3 aromatic rings. The number of nitrogens with zero attached hydrogens (tertiary/aromatic N) is 3. The molecule has 0 radical (unpaired) electrons. The number of hydrogen-bond donors (Lipinski definition) is 1. The molecule has 0 atom stereocenters. The van der Waals surface area contributed by atoms with Gasteiger partial charge < -0.3 is 0 Å². The lowest BCUT2D eigenvalue weighted by atomic mass is 10.0. The highest BCUT2D eigenvalue weighted by Crippen LogP contribution is 2.24. The van der Waals surface area contributed by atoms with Crippen molar-refractivity contribution in [2.45, 2.75) is 32.5 Å². The molecular formula is C21H24N4O3S2. The van der Waals surface area contributed by atoms with Crippen LogP contribution in [0, 0.1) is 20.8 Å². The molecule has 158 valence electrons. The fourth-order valence-electron chi connectivity index (χ4n) is 2.79. The van der Waals surface area contributed by atoms with Gasteiger partial charge in [-0.25, -0.2) is 13.1 Å². The van der Waals surface area contributed by atoms with E-state index in [0.717, 1.165) is 28.6 Å². The molecule has 0 aliphatic heterocycles. The van der Waals surface area contributed by atoms with E-state index in [9.17, 15) is 13.2 Å². The lowest BCUT2D eigenvalue weighted by molar-refractivity contribution is 0.102. The normalized spacial score (nSPS) is 11.6. The Labute approximate surface area is 181 Å². The molecule has 0 bridgehead atoms. The van der Waals surface area contributed by atoms with Crippen LogP contribution in [0.2, 0.25) is 0 Å². The molecule has 0 aliphatic carbocycles. The van der Waals surface area contributed by atoms with E-state index in [0.29, 0.717) is 16.5 Å². The van der Waals surface area contributed by atoms with Gasteiger partial charge in [-0.05, 0) is 50.1 Å². The summed E-state index contributed by atoms with van der Waals surface area (Å²) in [6.07, 6.45) is 1.09. The minimum atomic E-state index is -3.38. The van der Waals surface area contributed by atoms with Crippen molar-refractivity contribution in [1.82, 2.24) is 19.5 Å². The molecule has 0 saturated carbocycles. The van der Waals surface area contributed by atoms with E-state index in [1.54, 1.807) is 4.57 Å². The Kier molecular flexibility index (Phi) is 6.74. The van der Waals surface area contributed by atoms with Gasteiger partial charge in [0.15, 0.2) is 16.8 Å². The summed E-state index contributed by atoms with van der Waals surface area (Å²) in [7, 11) is -3.38. The van der Waals surface area contributed by atoms with Crippen LogP contribution in [0.3, 0.4) is 0 Å². The highest BCUT2D eigenvalue weighted by molar-refractivity contribution is 7.99. The van der Waals surface area contributed by atoms with Crippen LogP contribution in [0.15, 0.2) is 47.6 Å². The van der Waals surface area contributed by atoms with Crippen LogP contribution in [-0.4, -0.2) is 41.0 Å². The zero-order chi connectivity index (χ0) is 21.9. The lowest BCUT2D eigenvalue weighted by Crippen LogP contribution is -2.23. The SMILES string of the molecule is Cc1ccc(-n2c(CNS(C)(=O)=O)nnc2SCC(=O)c2ccc(C)c(C)c2)cc1. The van der Waals surface area contributed by atoms with Crippen molar-refractivity contribution in [3.05, 3.63) is 70.5 Å². The number of sulfonamides is 1. The second-order valence-corrected chi connectivity index (χ2v) is 9.95. The fraction of sp³-hybridized carbons (Fsp3) is 0.286. The Bertz CT molecular complexity index is 1170. The third-order valence-corrected chi connectivity index (χ3v) is 6.24. The maximum atomic E-state index is 12.7. The molecule has 3 rings (SSSR count). The van der Waals surface area contributed by atoms with E-state index in [-0.39, 0.29) is 18.1 Å². The van der Waals surface area contributed by atoms with Crippen LogP contribution >= 0.6 is 11.8 Å². The Morgan fingerprint density at radius 3 is 2.37 bits per heavy atom. The van der Waals surface area contributed by atoms with Crippen molar-refractivity contribution in [2.24, 2.45) is 0 Å². The highest BCUT2D eigenvalue weighted by atomic mass is 32.2. The van der Waals surface area contributed by atoms with Crippen molar-refractivity contribution in [1.29, 1.82) is 0 Å². The van der Waals surface area contributed by atoms with E-state index in [2.05, 4.69) is 14.9 Å². The number of aromatic nitrogens is 3. The van der Waals surface area contributed by atoms with Gasteiger partial charge in [0.2, 0.25) is 10.0 Å². The standard InChI is InChI=1S/C21H24N4O3S2/c1-14-5-9-18(10-6-14)25-20(12-22-30(4,27)28)23-24-21(25)29-13-19(26)17-8-7-15(2)16(3)11-17/h5-11,22H,12-13H2,1-4H3. The number of rotatable bonds is 8. The molecule has 0 aliphatic rings. The Morgan fingerprint density at radius 2 is 1.73 bits per heavy atom.